The number of hydrogen-bond acceptors (Lipinski definition) is 6. The van der Waals surface area contributed by atoms with E-state index in [0.717, 1.165) is 11.6 Å². The molecule has 0 fully saturated rings. The van der Waals surface area contributed by atoms with Gasteiger partial charge in [0, 0.05) is 17.8 Å². The first-order valence-corrected chi connectivity index (χ1v) is 11.9. The molecule has 31 heavy (non-hydrogen) atoms. The lowest BCUT2D eigenvalue weighted by molar-refractivity contribution is -0.385. The van der Waals surface area contributed by atoms with E-state index in [4.69, 9.17) is 0 Å². The lowest BCUT2D eigenvalue weighted by Gasteiger charge is -2.12. The average molecular weight is 462 g/mol. The summed E-state index contributed by atoms with van der Waals surface area (Å²) in [6, 6.07) is 15.6. The topological polar surface area (TPSA) is 135 Å². The van der Waals surface area contributed by atoms with Crippen LogP contribution in [-0.2, 0) is 20.0 Å². The molecular weight excluding hydrogens is 442 g/mol. The Kier molecular flexibility index (Phi) is 6.00. The summed E-state index contributed by atoms with van der Waals surface area (Å²) in [4.78, 5) is 9.99. The van der Waals surface area contributed by atoms with Crippen LogP contribution in [-0.4, -0.2) is 21.8 Å². The van der Waals surface area contributed by atoms with Gasteiger partial charge in [0.1, 0.15) is 0 Å². The standard InChI is InChI=1S/C20H19N3O6S2/c1-14-5-3-4-6-19(14)22-30(26,27)18-11-8-16(9-12-18)21-31(28,29)20-13-17(23(24)25)10-7-15(20)2/h3-13,21-22H,1-2H3. The summed E-state index contributed by atoms with van der Waals surface area (Å²) in [6.45, 7) is 3.29. The molecule has 0 unspecified atom stereocenters. The van der Waals surface area contributed by atoms with Crippen LogP contribution in [0.1, 0.15) is 11.1 Å². The van der Waals surface area contributed by atoms with Crippen LogP contribution in [0.4, 0.5) is 17.1 Å². The van der Waals surface area contributed by atoms with Crippen molar-refractivity contribution in [1.82, 2.24) is 0 Å². The number of sulfonamides is 2. The number of anilines is 2. The van der Waals surface area contributed by atoms with Crippen LogP contribution in [0.5, 0.6) is 0 Å². The zero-order chi connectivity index (χ0) is 22.8. The Morgan fingerprint density at radius 1 is 0.774 bits per heavy atom. The Hall–Kier alpha value is -3.44. The number of nitro groups is 1. The Balaban J connectivity index is 1.84. The van der Waals surface area contributed by atoms with E-state index < -0.39 is 25.0 Å². The van der Waals surface area contributed by atoms with Crippen molar-refractivity contribution in [2.75, 3.05) is 9.44 Å². The zero-order valence-electron chi connectivity index (χ0n) is 16.6. The van der Waals surface area contributed by atoms with Gasteiger partial charge in [-0.15, -0.1) is 0 Å². The zero-order valence-corrected chi connectivity index (χ0v) is 18.2. The Morgan fingerprint density at radius 3 is 2.03 bits per heavy atom. The number of nitrogens with one attached hydrogen (secondary N) is 2. The van der Waals surface area contributed by atoms with Gasteiger partial charge in [0.2, 0.25) is 0 Å². The first kappa shape index (κ1) is 22.2. The average Bonchev–Trinajstić information content (AvgIpc) is 2.69. The predicted octanol–water partition coefficient (Wildman–Crippen LogP) is 3.81. The van der Waals surface area contributed by atoms with Gasteiger partial charge in [0.05, 0.1) is 20.4 Å². The fourth-order valence-corrected chi connectivity index (χ4v) is 5.25. The van der Waals surface area contributed by atoms with Crippen LogP contribution in [0.15, 0.2) is 76.5 Å². The van der Waals surface area contributed by atoms with E-state index in [1.807, 2.05) is 0 Å². The number of hydrogen-bond donors (Lipinski definition) is 2. The number of nitrogens with zero attached hydrogens (tertiary/aromatic N) is 1. The third-order valence-electron chi connectivity index (χ3n) is 4.48. The summed E-state index contributed by atoms with van der Waals surface area (Å²) in [7, 11) is -7.99. The number of nitro benzene ring substituents is 1. The molecular formula is C20H19N3O6S2. The van der Waals surface area contributed by atoms with E-state index >= 15 is 0 Å². The molecule has 0 aliphatic rings. The largest absolute Gasteiger partial charge is 0.280 e. The fourth-order valence-electron chi connectivity index (χ4n) is 2.80. The van der Waals surface area contributed by atoms with Gasteiger partial charge >= 0.3 is 0 Å². The summed E-state index contributed by atoms with van der Waals surface area (Å²) >= 11 is 0. The number of aryl methyl sites for hydroxylation is 2. The molecule has 3 rings (SSSR count). The molecule has 11 heteroatoms. The second-order valence-electron chi connectivity index (χ2n) is 6.76. The molecule has 9 nitrogen and oxygen atoms in total. The number of benzene rings is 3. The summed E-state index contributed by atoms with van der Waals surface area (Å²) in [5.41, 5.74) is 1.28. The number of rotatable bonds is 7. The monoisotopic (exact) mass is 461 g/mol. The van der Waals surface area contributed by atoms with E-state index in [9.17, 15) is 26.9 Å². The highest BCUT2D eigenvalue weighted by Gasteiger charge is 2.21. The summed E-state index contributed by atoms with van der Waals surface area (Å²) in [5.74, 6) is 0. The molecule has 0 radical (unpaired) electrons. The van der Waals surface area contributed by atoms with Crippen molar-refractivity contribution in [1.29, 1.82) is 0 Å². The quantitative estimate of drug-likeness (QED) is 0.406. The summed E-state index contributed by atoms with van der Waals surface area (Å²) in [6.07, 6.45) is 0. The number of para-hydroxylation sites is 1. The van der Waals surface area contributed by atoms with Gasteiger partial charge in [-0.25, -0.2) is 16.8 Å². The SMILES string of the molecule is Cc1ccccc1NS(=O)(=O)c1ccc(NS(=O)(=O)c2cc([N+](=O)[O-])ccc2C)cc1. The molecule has 0 amide bonds. The molecule has 0 heterocycles. The van der Waals surface area contributed by atoms with Crippen molar-refractivity contribution in [2.45, 2.75) is 23.6 Å². The van der Waals surface area contributed by atoms with Crippen molar-refractivity contribution in [3.05, 3.63) is 88.0 Å². The summed E-state index contributed by atoms with van der Waals surface area (Å²) in [5, 5.41) is 11.0. The van der Waals surface area contributed by atoms with Crippen LogP contribution in [0.2, 0.25) is 0 Å². The van der Waals surface area contributed by atoms with Crippen LogP contribution in [0.3, 0.4) is 0 Å². The lowest BCUT2D eigenvalue weighted by Crippen LogP contribution is -2.16. The molecule has 0 bridgehead atoms. The van der Waals surface area contributed by atoms with Crippen molar-refractivity contribution in [2.24, 2.45) is 0 Å². The molecule has 0 aromatic heterocycles. The van der Waals surface area contributed by atoms with Crippen LogP contribution >= 0.6 is 0 Å². The van der Waals surface area contributed by atoms with E-state index in [1.165, 1.54) is 43.3 Å². The van der Waals surface area contributed by atoms with E-state index in [2.05, 4.69) is 9.44 Å². The maximum absolute atomic E-state index is 12.7. The van der Waals surface area contributed by atoms with Gasteiger partial charge in [-0.3, -0.25) is 19.6 Å². The summed E-state index contributed by atoms with van der Waals surface area (Å²) < 4.78 is 55.4. The molecule has 0 saturated heterocycles. The van der Waals surface area contributed by atoms with Crippen LogP contribution in [0, 0.1) is 24.0 Å². The minimum Gasteiger partial charge on any atom is -0.280 e. The maximum atomic E-state index is 12.7. The van der Waals surface area contributed by atoms with Crippen molar-refractivity contribution >= 4 is 37.1 Å². The minimum absolute atomic E-state index is 0.0507. The smallest absolute Gasteiger partial charge is 0.270 e. The van der Waals surface area contributed by atoms with E-state index in [-0.39, 0.29) is 21.2 Å². The molecule has 0 atom stereocenters. The van der Waals surface area contributed by atoms with Crippen LogP contribution < -0.4 is 9.44 Å². The van der Waals surface area contributed by atoms with Gasteiger partial charge in [-0.05, 0) is 55.3 Å². The Bertz CT molecular complexity index is 1350. The van der Waals surface area contributed by atoms with E-state index in [0.29, 0.717) is 11.3 Å². The molecule has 3 aromatic rings. The third kappa shape index (κ3) is 5.01. The highest BCUT2D eigenvalue weighted by molar-refractivity contribution is 7.93. The van der Waals surface area contributed by atoms with Crippen molar-refractivity contribution in [3.8, 4) is 0 Å². The van der Waals surface area contributed by atoms with Gasteiger partial charge in [-0.2, -0.15) is 0 Å². The van der Waals surface area contributed by atoms with Gasteiger partial charge in [0.25, 0.3) is 25.7 Å². The fraction of sp³-hybridized carbons (Fsp3) is 0.100. The number of non-ortho nitro benzene ring substituents is 1. The first-order valence-electron chi connectivity index (χ1n) is 8.96. The maximum Gasteiger partial charge on any atom is 0.270 e. The first-order chi connectivity index (χ1) is 14.5. The Morgan fingerprint density at radius 2 is 1.42 bits per heavy atom. The second kappa shape index (κ2) is 8.36. The van der Waals surface area contributed by atoms with Gasteiger partial charge < -0.3 is 0 Å². The van der Waals surface area contributed by atoms with E-state index in [1.54, 1.807) is 31.2 Å². The highest BCUT2D eigenvalue weighted by atomic mass is 32.2. The molecule has 0 saturated carbocycles. The minimum atomic E-state index is -4.12. The molecule has 0 aliphatic carbocycles. The van der Waals surface area contributed by atoms with Crippen molar-refractivity contribution in [3.63, 3.8) is 0 Å². The van der Waals surface area contributed by atoms with Gasteiger partial charge in [0.15, 0.2) is 0 Å². The second-order valence-corrected chi connectivity index (χ2v) is 10.1. The molecule has 2 N–H and O–H groups in total. The highest BCUT2D eigenvalue weighted by Crippen LogP contribution is 2.25. The Labute approximate surface area is 180 Å². The predicted molar refractivity (Wildman–Crippen MR) is 117 cm³/mol. The molecule has 3 aromatic carbocycles. The normalized spacial score (nSPS) is 11.7. The molecule has 162 valence electrons. The third-order valence-corrected chi connectivity index (χ3v) is 7.38. The van der Waals surface area contributed by atoms with Crippen LogP contribution in [0.25, 0.3) is 0 Å². The molecule has 0 aliphatic heterocycles. The molecule has 0 spiro atoms. The lowest BCUT2D eigenvalue weighted by atomic mass is 10.2. The van der Waals surface area contributed by atoms with Crippen molar-refractivity contribution < 1.29 is 21.8 Å². The van der Waals surface area contributed by atoms with Gasteiger partial charge in [-0.1, -0.05) is 24.3 Å².